The number of anilines is 1. The van der Waals surface area contributed by atoms with Crippen molar-refractivity contribution in [3.05, 3.63) is 48.0 Å². The Morgan fingerprint density at radius 2 is 1.90 bits per heavy atom. The van der Waals surface area contributed by atoms with Crippen LogP contribution in [0.3, 0.4) is 0 Å². The maximum Gasteiger partial charge on any atom is 0.183 e. The minimum absolute atomic E-state index is 0.381. The van der Waals surface area contributed by atoms with Gasteiger partial charge >= 0.3 is 0 Å². The summed E-state index contributed by atoms with van der Waals surface area (Å²) in [6.45, 7) is 1.79. The molecule has 5 nitrogen and oxygen atoms in total. The fraction of sp³-hybridized carbons (Fsp3) is 0.143. The molecule has 0 fully saturated rings. The average molecular weight is 283 g/mol. The number of nitrogen functional groups attached to an aromatic ring is 1. The van der Waals surface area contributed by atoms with E-state index in [1.54, 1.807) is 24.9 Å². The molecule has 0 spiro atoms. The van der Waals surface area contributed by atoms with Crippen LogP contribution in [0.5, 0.6) is 0 Å². The normalized spacial score (nSPS) is 10.8. The van der Waals surface area contributed by atoms with Crippen molar-refractivity contribution in [3.8, 4) is 0 Å². The zero-order valence-electron chi connectivity index (χ0n) is 10.9. The molecule has 3 aromatic rings. The minimum atomic E-state index is 0.381. The summed E-state index contributed by atoms with van der Waals surface area (Å²) in [5.74, 6) is 1.72. The Balaban J connectivity index is 1.86. The zero-order valence-corrected chi connectivity index (χ0v) is 11.8. The molecule has 0 unspecified atom stereocenters. The van der Waals surface area contributed by atoms with E-state index in [2.05, 4.69) is 32.1 Å². The minimum Gasteiger partial charge on any atom is -0.382 e. The van der Waals surface area contributed by atoms with Crippen LogP contribution in [-0.4, -0.2) is 19.9 Å². The van der Waals surface area contributed by atoms with Gasteiger partial charge in [0.25, 0.3) is 0 Å². The predicted molar refractivity (Wildman–Crippen MR) is 80.3 cm³/mol. The van der Waals surface area contributed by atoms with Crippen molar-refractivity contribution in [1.29, 1.82) is 0 Å². The molecule has 0 amide bonds. The van der Waals surface area contributed by atoms with Gasteiger partial charge in [-0.3, -0.25) is 0 Å². The summed E-state index contributed by atoms with van der Waals surface area (Å²) in [6.07, 6.45) is 1.74. The van der Waals surface area contributed by atoms with Crippen LogP contribution in [0.15, 0.2) is 41.4 Å². The van der Waals surface area contributed by atoms with Crippen LogP contribution >= 0.6 is 11.8 Å². The molecule has 0 saturated heterocycles. The lowest BCUT2D eigenvalue weighted by atomic mass is 10.4. The number of thioether (sulfide) groups is 1. The molecule has 6 heteroatoms. The smallest absolute Gasteiger partial charge is 0.183 e. The quantitative estimate of drug-likeness (QED) is 0.744. The van der Waals surface area contributed by atoms with Gasteiger partial charge in [-0.2, -0.15) is 0 Å². The molecule has 100 valence electrons. The molecule has 0 aliphatic carbocycles. The van der Waals surface area contributed by atoms with Crippen molar-refractivity contribution in [2.24, 2.45) is 0 Å². The highest BCUT2D eigenvalue weighted by Gasteiger charge is 2.07. The van der Waals surface area contributed by atoms with Gasteiger partial charge in [0, 0.05) is 10.6 Å². The highest BCUT2D eigenvalue weighted by molar-refractivity contribution is 7.98. The Bertz CT molecular complexity index is 745. The molecule has 0 aliphatic rings. The summed E-state index contributed by atoms with van der Waals surface area (Å²) in [7, 11) is 0. The van der Waals surface area contributed by atoms with Crippen LogP contribution < -0.4 is 5.73 Å². The molecule has 0 bridgehead atoms. The van der Waals surface area contributed by atoms with Gasteiger partial charge in [-0.05, 0) is 19.1 Å². The van der Waals surface area contributed by atoms with Crippen molar-refractivity contribution in [2.75, 3.05) is 5.73 Å². The lowest BCUT2D eigenvalue weighted by Crippen LogP contribution is -2.02. The summed E-state index contributed by atoms with van der Waals surface area (Å²) < 4.78 is 0. The van der Waals surface area contributed by atoms with E-state index >= 15 is 0 Å². The number of rotatable bonds is 3. The van der Waals surface area contributed by atoms with E-state index in [-0.39, 0.29) is 0 Å². The van der Waals surface area contributed by atoms with Gasteiger partial charge in [0.2, 0.25) is 0 Å². The monoisotopic (exact) mass is 283 g/mol. The molecule has 2 N–H and O–H groups in total. The number of fused-ring (bicyclic) bond motifs is 1. The first-order valence-electron chi connectivity index (χ1n) is 6.16. The van der Waals surface area contributed by atoms with E-state index in [1.165, 1.54) is 4.90 Å². The molecule has 0 saturated carbocycles. The van der Waals surface area contributed by atoms with Gasteiger partial charge in [-0.15, -0.1) is 11.8 Å². The van der Waals surface area contributed by atoms with Gasteiger partial charge in [0.05, 0.1) is 11.9 Å². The number of hydrogen-bond acceptors (Lipinski definition) is 6. The van der Waals surface area contributed by atoms with Crippen LogP contribution in [0.25, 0.3) is 11.2 Å². The second-order valence-corrected chi connectivity index (χ2v) is 5.34. The first-order chi connectivity index (χ1) is 9.72. The molecular formula is C14H13N5S. The van der Waals surface area contributed by atoms with Gasteiger partial charge in [-0.1, -0.05) is 18.2 Å². The first kappa shape index (κ1) is 12.8. The van der Waals surface area contributed by atoms with Crippen LogP contribution in [0.4, 0.5) is 5.82 Å². The molecule has 0 radical (unpaired) electrons. The van der Waals surface area contributed by atoms with Crippen molar-refractivity contribution < 1.29 is 0 Å². The summed E-state index contributed by atoms with van der Waals surface area (Å²) in [5, 5.41) is 0. The number of aryl methyl sites for hydroxylation is 1. The largest absolute Gasteiger partial charge is 0.382 e. The Kier molecular flexibility index (Phi) is 3.47. The van der Waals surface area contributed by atoms with Crippen molar-refractivity contribution in [3.63, 3.8) is 0 Å². The lowest BCUT2D eigenvalue weighted by Gasteiger charge is -2.04. The van der Waals surface area contributed by atoms with Gasteiger partial charge in [-0.25, -0.2) is 19.9 Å². The standard InChI is InChI=1S/C14H13N5S/c1-9-17-13(15)12-14(18-9)16-7-10(19-12)8-20-11-5-3-2-4-6-11/h2-7H,8H2,1H3,(H2,15,16,17,18). The average Bonchev–Trinajstić information content (AvgIpc) is 2.46. The summed E-state index contributed by atoms with van der Waals surface area (Å²) in [6, 6.07) is 10.2. The number of aromatic nitrogens is 4. The molecular weight excluding hydrogens is 270 g/mol. The van der Waals surface area contributed by atoms with Crippen molar-refractivity contribution in [1.82, 2.24) is 19.9 Å². The fourth-order valence-corrected chi connectivity index (χ4v) is 2.63. The van der Waals surface area contributed by atoms with E-state index in [0.717, 1.165) is 11.4 Å². The lowest BCUT2D eigenvalue weighted by molar-refractivity contribution is 1.05. The maximum absolute atomic E-state index is 5.87. The van der Waals surface area contributed by atoms with Crippen molar-refractivity contribution >= 4 is 28.7 Å². The molecule has 0 aliphatic heterocycles. The maximum atomic E-state index is 5.87. The SMILES string of the molecule is Cc1nc(N)c2nc(CSc3ccccc3)cnc2n1. The molecule has 1 aromatic carbocycles. The van der Waals surface area contributed by atoms with Crippen LogP contribution in [0, 0.1) is 6.92 Å². The van der Waals surface area contributed by atoms with Gasteiger partial charge in [0.15, 0.2) is 17.0 Å². The topological polar surface area (TPSA) is 77.6 Å². The number of hydrogen-bond donors (Lipinski definition) is 1. The van der Waals surface area contributed by atoms with E-state index < -0.39 is 0 Å². The molecule has 2 aromatic heterocycles. The highest BCUT2D eigenvalue weighted by Crippen LogP contribution is 2.22. The highest BCUT2D eigenvalue weighted by atomic mass is 32.2. The molecule has 0 atom stereocenters. The van der Waals surface area contributed by atoms with Crippen molar-refractivity contribution in [2.45, 2.75) is 17.6 Å². The zero-order chi connectivity index (χ0) is 13.9. The van der Waals surface area contributed by atoms with Crippen LogP contribution in [0.1, 0.15) is 11.5 Å². The summed E-state index contributed by atoms with van der Waals surface area (Å²) in [4.78, 5) is 18.3. The van der Waals surface area contributed by atoms with Gasteiger partial charge in [0.1, 0.15) is 5.82 Å². The molecule has 2 heterocycles. The summed E-state index contributed by atoms with van der Waals surface area (Å²) >= 11 is 1.71. The molecule has 20 heavy (non-hydrogen) atoms. The first-order valence-corrected chi connectivity index (χ1v) is 7.14. The van der Waals surface area contributed by atoms with Gasteiger partial charge < -0.3 is 5.73 Å². The second-order valence-electron chi connectivity index (χ2n) is 4.29. The number of nitrogens with two attached hydrogens (primary N) is 1. The Labute approximate surface area is 120 Å². The molecule has 3 rings (SSSR count). The van der Waals surface area contributed by atoms with E-state index in [9.17, 15) is 0 Å². The third-order valence-corrected chi connectivity index (χ3v) is 3.77. The predicted octanol–water partition coefficient (Wildman–Crippen LogP) is 2.60. The van der Waals surface area contributed by atoms with E-state index in [1.807, 2.05) is 18.2 Å². The Morgan fingerprint density at radius 1 is 1.10 bits per heavy atom. The van der Waals surface area contributed by atoms with E-state index in [4.69, 9.17) is 5.73 Å². The number of nitrogens with zero attached hydrogens (tertiary/aromatic N) is 4. The Morgan fingerprint density at radius 3 is 2.70 bits per heavy atom. The number of benzene rings is 1. The third kappa shape index (κ3) is 2.70. The van der Waals surface area contributed by atoms with E-state index in [0.29, 0.717) is 22.8 Å². The Hall–Kier alpha value is -2.21. The third-order valence-electron chi connectivity index (χ3n) is 2.73. The van der Waals surface area contributed by atoms with Crippen LogP contribution in [0.2, 0.25) is 0 Å². The second kappa shape index (κ2) is 5.42. The van der Waals surface area contributed by atoms with Crippen LogP contribution in [-0.2, 0) is 5.75 Å². The summed E-state index contributed by atoms with van der Waals surface area (Å²) in [5.41, 5.74) is 7.85. The fourth-order valence-electron chi connectivity index (χ4n) is 1.82.